The van der Waals surface area contributed by atoms with Gasteiger partial charge in [-0.25, -0.2) is 9.97 Å². The topological polar surface area (TPSA) is 77.9 Å². The maximum absolute atomic E-state index is 11.3. The van der Waals surface area contributed by atoms with Gasteiger partial charge in [-0.15, -0.1) is 11.3 Å². The van der Waals surface area contributed by atoms with Gasteiger partial charge < -0.3 is 15.2 Å². The standard InChI is InChI=1S/C14H17N3O2S2/c1-20-6-5-9(14(18)19)17-12-11-8-3-2-4-10(8)21-13(11)16-7-15-12/h7,9H,2-6H2,1H3,(H,18,19)(H,15,16,17)/p-1/t9-/m1/s1. The lowest BCUT2D eigenvalue weighted by molar-refractivity contribution is -0.306. The van der Waals surface area contributed by atoms with Crippen molar-refractivity contribution in [3.05, 3.63) is 16.8 Å². The van der Waals surface area contributed by atoms with Crippen LogP contribution in [0.3, 0.4) is 0 Å². The molecule has 21 heavy (non-hydrogen) atoms. The second-order valence-corrected chi connectivity index (χ2v) is 7.13. The highest BCUT2D eigenvalue weighted by Crippen LogP contribution is 2.39. The first-order chi connectivity index (χ1) is 10.2. The lowest BCUT2D eigenvalue weighted by Crippen LogP contribution is -2.41. The number of carbonyl (C=O) groups is 1. The van der Waals surface area contributed by atoms with Crippen LogP contribution in [0.1, 0.15) is 23.3 Å². The van der Waals surface area contributed by atoms with Crippen LogP contribution in [0.4, 0.5) is 5.82 Å². The van der Waals surface area contributed by atoms with E-state index in [1.807, 2.05) is 6.26 Å². The van der Waals surface area contributed by atoms with Crippen LogP contribution >= 0.6 is 23.1 Å². The quantitative estimate of drug-likeness (QED) is 0.867. The van der Waals surface area contributed by atoms with Gasteiger partial charge >= 0.3 is 0 Å². The number of fused-ring (bicyclic) bond motifs is 3. The number of carboxylic acid groups (broad SMARTS) is 1. The second kappa shape index (κ2) is 6.19. The molecule has 1 aliphatic rings. The van der Waals surface area contributed by atoms with E-state index in [9.17, 15) is 9.90 Å². The Balaban J connectivity index is 1.94. The highest BCUT2D eigenvalue weighted by atomic mass is 32.2. The first-order valence-corrected chi connectivity index (χ1v) is 9.13. The van der Waals surface area contributed by atoms with Crippen molar-refractivity contribution in [1.29, 1.82) is 0 Å². The van der Waals surface area contributed by atoms with Crippen LogP contribution in [0.2, 0.25) is 0 Å². The van der Waals surface area contributed by atoms with Gasteiger partial charge in [0.25, 0.3) is 0 Å². The molecule has 0 saturated carbocycles. The summed E-state index contributed by atoms with van der Waals surface area (Å²) in [4.78, 5) is 22.2. The number of thiophene rings is 1. The Morgan fingerprint density at radius 1 is 1.52 bits per heavy atom. The number of hydrogen-bond acceptors (Lipinski definition) is 7. The minimum atomic E-state index is -1.08. The van der Waals surface area contributed by atoms with E-state index >= 15 is 0 Å². The summed E-state index contributed by atoms with van der Waals surface area (Å²) in [6.45, 7) is 0. The zero-order chi connectivity index (χ0) is 14.8. The van der Waals surface area contributed by atoms with E-state index in [1.54, 1.807) is 23.1 Å². The molecular weight excluding hydrogens is 306 g/mol. The van der Waals surface area contributed by atoms with Gasteiger partial charge in [0.15, 0.2) is 0 Å². The SMILES string of the molecule is CSCC[C@@H](Nc1ncnc2sc3c(c12)CCC3)C(=O)[O-]. The molecule has 0 aliphatic heterocycles. The van der Waals surface area contributed by atoms with Crippen LogP contribution in [0.15, 0.2) is 6.33 Å². The zero-order valence-corrected chi connectivity index (χ0v) is 13.4. The summed E-state index contributed by atoms with van der Waals surface area (Å²) in [6, 6.07) is -0.715. The molecule has 2 aromatic heterocycles. The normalized spacial score (nSPS) is 15.1. The van der Waals surface area contributed by atoms with Gasteiger partial charge in [-0.2, -0.15) is 11.8 Å². The fraction of sp³-hybridized carbons (Fsp3) is 0.500. The van der Waals surface area contributed by atoms with E-state index < -0.39 is 12.0 Å². The average Bonchev–Trinajstić information content (AvgIpc) is 3.03. The number of thioether (sulfide) groups is 1. The lowest BCUT2D eigenvalue weighted by Gasteiger charge is -2.20. The van der Waals surface area contributed by atoms with E-state index in [1.165, 1.54) is 16.8 Å². The van der Waals surface area contributed by atoms with Crippen LogP contribution < -0.4 is 10.4 Å². The van der Waals surface area contributed by atoms with E-state index in [4.69, 9.17) is 0 Å². The molecule has 0 spiro atoms. The van der Waals surface area contributed by atoms with Crippen LogP contribution in [-0.4, -0.2) is 34.0 Å². The third-order valence-electron chi connectivity index (χ3n) is 3.71. The number of aryl methyl sites for hydroxylation is 2. The Bertz CT molecular complexity index is 672. The van der Waals surface area contributed by atoms with Gasteiger partial charge in [-0.3, -0.25) is 0 Å². The smallest absolute Gasteiger partial charge is 0.138 e. The Morgan fingerprint density at radius 2 is 2.38 bits per heavy atom. The van der Waals surface area contributed by atoms with Crippen LogP contribution in [0, 0.1) is 0 Å². The molecule has 0 aromatic carbocycles. The number of nitrogens with zero attached hydrogens (tertiary/aromatic N) is 2. The van der Waals surface area contributed by atoms with Gasteiger partial charge in [-0.05, 0) is 43.3 Å². The van der Waals surface area contributed by atoms with Crippen molar-refractivity contribution in [2.24, 2.45) is 0 Å². The molecule has 0 amide bonds. The maximum Gasteiger partial charge on any atom is 0.138 e. The predicted molar refractivity (Wildman–Crippen MR) is 84.9 cm³/mol. The summed E-state index contributed by atoms with van der Waals surface area (Å²) in [5.74, 6) is 0.319. The van der Waals surface area contributed by atoms with Crippen molar-refractivity contribution in [2.75, 3.05) is 17.3 Å². The largest absolute Gasteiger partial charge is 0.548 e. The molecule has 5 nitrogen and oxygen atoms in total. The summed E-state index contributed by atoms with van der Waals surface area (Å²) in [5, 5.41) is 15.4. The Morgan fingerprint density at radius 3 is 3.14 bits per heavy atom. The molecule has 3 rings (SSSR count). The zero-order valence-electron chi connectivity index (χ0n) is 11.7. The molecule has 1 aliphatic carbocycles. The van der Waals surface area contributed by atoms with Crippen molar-refractivity contribution in [2.45, 2.75) is 31.7 Å². The number of aromatic nitrogens is 2. The lowest BCUT2D eigenvalue weighted by atomic mass is 10.1. The van der Waals surface area contributed by atoms with Crippen LogP contribution in [0.5, 0.6) is 0 Å². The summed E-state index contributed by atoms with van der Waals surface area (Å²) >= 11 is 3.32. The summed E-state index contributed by atoms with van der Waals surface area (Å²) < 4.78 is 0. The monoisotopic (exact) mass is 322 g/mol. The predicted octanol–water partition coefficient (Wildman–Crippen LogP) is 1.46. The van der Waals surface area contributed by atoms with E-state index in [0.29, 0.717) is 12.2 Å². The number of carbonyl (C=O) groups excluding carboxylic acids is 1. The summed E-state index contributed by atoms with van der Waals surface area (Å²) in [6.07, 6.45) is 7.24. The molecule has 2 heterocycles. The maximum atomic E-state index is 11.3. The Kier molecular flexibility index (Phi) is 4.30. The number of nitrogens with one attached hydrogen (secondary N) is 1. The minimum Gasteiger partial charge on any atom is -0.548 e. The highest BCUT2D eigenvalue weighted by Gasteiger charge is 2.22. The number of anilines is 1. The fourth-order valence-corrected chi connectivity index (χ4v) is 4.39. The second-order valence-electron chi connectivity index (χ2n) is 5.06. The number of hydrogen-bond donors (Lipinski definition) is 1. The average molecular weight is 322 g/mol. The van der Waals surface area contributed by atoms with Gasteiger partial charge in [0, 0.05) is 4.88 Å². The molecule has 7 heteroatoms. The molecule has 0 saturated heterocycles. The third-order valence-corrected chi connectivity index (χ3v) is 5.55. The Hall–Kier alpha value is -1.34. The fourth-order valence-electron chi connectivity index (χ4n) is 2.69. The van der Waals surface area contributed by atoms with Crippen molar-refractivity contribution in [3.63, 3.8) is 0 Å². The summed E-state index contributed by atoms with van der Waals surface area (Å²) in [5.41, 5.74) is 1.29. The van der Waals surface area contributed by atoms with Crippen molar-refractivity contribution in [1.82, 2.24) is 9.97 Å². The van der Waals surface area contributed by atoms with Gasteiger partial charge in [-0.1, -0.05) is 0 Å². The van der Waals surface area contributed by atoms with Gasteiger partial charge in [0.05, 0.1) is 17.4 Å². The first-order valence-electron chi connectivity index (χ1n) is 6.92. The summed E-state index contributed by atoms with van der Waals surface area (Å²) in [7, 11) is 0. The molecule has 1 atom stereocenters. The molecule has 0 unspecified atom stereocenters. The van der Waals surface area contributed by atoms with Gasteiger partial charge in [0.1, 0.15) is 17.0 Å². The molecular formula is C14H16N3O2S2-. The van der Waals surface area contributed by atoms with Crippen LogP contribution in [-0.2, 0) is 17.6 Å². The van der Waals surface area contributed by atoms with Crippen LogP contribution in [0.25, 0.3) is 10.2 Å². The third kappa shape index (κ3) is 2.85. The van der Waals surface area contributed by atoms with Crippen molar-refractivity contribution in [3.8, 4) is 0 Å². The molecule has 0 fully saturated rings. The molecule has 0 radical (unpaired) electrons. The van der Waals surface area contributed by atoms with Crippen molar-refractivity contribution >= 4 is 45.1 Å². The number of carboxylic acids is 1. The Labute approximate surface area is 131 Å². The van der Waals surface area contributed by atoms with Gasteiger partial charge in [0.2, 0.25) is 0 Å². The molecule has 0 bridgehead atoms. The number of aliphatic carboxylic acids is 1. The molecule has 1 N–H and O–H groups in total. The van der Waals surface area contributed by atoms with Crippen molar-refractivity contribution < 1.29 is 9.90 Å². The first kappa shape index (κ1) is 14.6. The highest BCUT2D eigenvalue weighted by molar-refractivity contribution is 7.98. The van der Waals surface area contributed by atoms with E-state index in [-0.39, 0.29) is 0 Å². The van der Waals surface area contributed by atoms with E-state index in [0.717, 1.165) is 35.2 Å². The van der Waals surface area contributed by atoms with E-state index in [2.05, 4.69) is 15.3 Å². The number of rotatable bonds is 6. The molecule has 2 aromatic rings. The minimum absolute atomic E-state index is 0.515. The molecule has 112 valence electrons.